The van der Waals surface area contributed by atoms with E-state index < -0.39 is 0 Å². The van der Waals surface area contributed by atoms with Crippen LogP contribution >= 0.6 is 0 Å². The van der Waals surface area contributed by atoms with Crippen molar-refractivity contribution < 1.29 is 9.53 Å². The molecule has 0 aliphatic heterocycles. The van der Waals surface area contributed by atoms with Crippen LogP contribution in [0.25, 0.3) is 10.9 Å². The summed E-state index contributed by atoms with van der Waals surface area (Å²) in [5.41, 5.74) is 3.06. The van der Waals surface area contributed by atoms with E-state index in [0.717, 1.165) is 27.8 Å². The third kappa shape index (κ3) is 3.71. The Morgan fingerprint density at radius 2 is 1.83 bits per heavy atom. The van der Waals surface area contributed by atoms with Crippen LogP contribution in [0, 0.1) is 0 Å². The number of pyridine rings is 1. The Morgan fingerprint density at radius 1 is 1.04 bits per heavy atom. The predicted molar refractivity (Wildman–Crippen MR) is 94.9 cm³/mol. The number of rotatable bonds is 6. The summed E-state index contributed by atoms with van der Waals surface area (Å²) >= 11 is 0. The molecule has 1 aromatic heterocycles. The maximum atomic E-state index is 12.2. The fraction of sp³-hybridized carbons (Fsp3) is 0.200. The number of hydrogen-bond donors (Lipinski definition) is 1. The van der Waals surface area contributed by atoms with Crippen LogP contribution in [0.15, 0.2) is 60.8 Å². The van der Waals surface area contributed by atoms with Crippen LogP contribution < -0.4 is 10.1 Å². The maximum Gasteiger partial charge on any atom is 0.220 e. The Kier molecular flexibility index (Phi) is 5.06. The lowest BCUT2D eigenvalue weighted by Crippen LogP contribution is -2.23. The number of amides is 1. The van der Waals surface area contributed by atoms with Gasteiger partial charge in [-0.25, -0.2) is 0 Å². The maximum absolute atomic E-state index is 12.2. The molecule has 0 fully saturated rings. The number of nitrogens with one attached hydrogen (secondary N) is 1. The summed E-state index contributed by atoms with van der Waals surface area (Å²) in [6.07, 6.45) is 2.87. The second kappa shape index (κ2) is 7.59. The average Bonchev–Trinajstić information content (AvgIpc) is 2.64. The number of nitrogens with zero attached hydrogens (tertiary/aromatic N) is 1. The van der Waals surface area contributed by atoms with Crippen LogP contribution in [0.5, 0.6) is 5.75 Å². The topological polar surface area (TPSA) is 51.2 Å². The molecule has 24 heavy (non-hydrogen) atoms. The van der Waals surface area contributed by atoms with Gasteiger partial charge in [-0.15, -0.1) is 0 Å². The molecule has 0 atom stereocenters. The minimum absolute atomic E-state index is 0.0294. The van der Waals surface area contributed by atoms with Gasteiger partial charge in [-0.3, -0.25) is 9.78 Å². The average molecular weight is 320 g/mol. The van der Waals surface area contributed by atoms with Gasteiger partial charge in [-0.1, -0.05) is 36.4 Å². The van der Waals surface area contributed by atoms with E-state index in [1.54, 1.807) is 13.3 Å². The number of methoxy groups -OCH3 is 1. The van der Waals surface area contributed by atoms with Crippen molar-refractivity contribution in [3.8, 4) is 5.75 Å². The Bertz CT molecular complexity index is 840. The molecule has 0 saturated carbocycles. The van der Waals surface area contributed by atoms with Gasteiger partial charge < -0.3 is 10.1 Å². The second-order valence-electron chi connectivity index (χ2n) is 5.58. The third-order valence-electron chi connectivity index (χ3n) is 4.03. The molecule has 0 aliphatic carbocycles. The van der Waals surface area contributed by atoms with Crippen molar-refractivity contribution in [3.63, 3.8) is 0 Å². The molecule has 1 heterocycles. The minimum Gasteiger partial charge on any atom is -0.496 e. The summed E-state index contributed by atoms with van der Waals surface area (Å²) in [7, 11) is 1.65. The van der Waals surface area contributed by atoms with Gasteiger partial charge in [0.2, 0.25) is 5.91 Å². The molecule has 0 aliphatic rings. The van der Waals surface area contributed by atoms with Gasteiger partial charge in [-0.2, -0.15) is 0 Å². The molecule has 3 aromatic rings. The van der Waals surface area contributed by atoms with Gasteiger partial charge in [0.05, 0.1) is 12.6 Å². The molecule has 4 heteroatoms. The summed E-state index contributed by atoms with van der Waals surface area (Å²) in [5, 5.41) is 4.07. The van der Waals surface area contributed by atoms with Gasteiger partial charge in [-0.05, 0) is 35.7 Å². The largest absolute Gasteiger partial charge is 0.496 e. The van der Waals surface area contributed by atoms with Crippen LogP contribution in [-0.4, -0.2) is 18.0 Å². The summed E-state index contributed by atoms with van der Waals surface area (Å²) in [6.45, 7) is 0.508. The first kappa shape index (κ1) is 16.0. The number of hydrogen-bond acceptors (Lipinski definition) is 3. The van der Waals surface area contributed by atoms with E-state index in [0.29, 0.717) is 19.4 Å². The summed E-state index contributed by atoms with van der Waals surface area (Å²) in [4.78, 5) is 16.5. The number of fused-ring (bicyclic) bond motifs is 1. The first-order chi connectivity index (χ1) is 11.8. The molecule has 1 N–H and O–H groups in total. The molecule has 0 saturated heterocycles. The number of carbonyl (C=O) groups is 1. The first-order valence-electron chi connectivity index (χ1n) is 7.99. The zero-order chi connectivity index (χ0) is 16.8. The van der Waals surface area contributed by atoms with Gasteiger partial charge >= 0.3 is 0 Å². The molecule has 122 valence electrons. The Labute approximate surface area is 141 Å². The summed E-state index contributed by atoms with van der Waals surface area (Å²) in [5.74, 6) is 0.854. The highest BCUT2D eigenvalue weighted by molar-refractivity contribution is 5.82. The van der Waals surface area contributed by atoms with E-state index >= 15 is 0 Å². The standard InChI is InChI=1S/C20H20N2O2/c1-24-19-9-5-2-6-15(19)10-11-20(23)22-14-16-12-13-21-18-8-4-3-7-17(16)18/h2-9,12-13H,10-11,14H2,1H3,(H,22,23). The number of aryl methyl sites for hydroxylation is 1. The Morgan fingerprint density at radius 3 is 2.71 bits per heavy atom. The van der Waals surface area contributed by atoms with Crippen LogP contribution in [0.1, 0.15) is 17.5 Å². The number of ether oxygens (including phenoxy) is 1. The van der Waals surface area contributed by atoms with Gasteiger partial charge in [0.15, 0.2) is 0 Å². The summed E-state index contributed by atoms with van der Waals surface area (Å²) in [6, 6.07) is 17.7. The molecule has 0 spiro atoms. The van der Waals surface area contributed by atoms with E-state index in [9.17, 15) is 4.79 Å². The molecular formula is C20H20N2O2. The van der Waals surface area contributed by atoms with Crippen molar-refractivity contribution in [2.45, 2.75) is 19.4 Å². The van der Waals surface area contributed by atoms with Crippen molar-refractivity contribution in [3.05, 3.63) is 71.9 Å². The highest BCUT2D eigenvalue weighted by Crippen LogP contribution is 2.19. The van der Waals surface area contributed by atoms with Crippen LogP contribution in [0.3, 0.4) is 0 Å². The molecule has 2 aromatic carbocycles. The molecule has 0 unspecified atom stereocenters. The quantitative estimate of drug-likeness (QED) is 0.756. The lowest BCUT2D eigenvalue weighted by molar-refractivity contribution is -0.121. The van der Waals surface area contributed by atoms with Crippen molar-refractivity contribution >= 4 is 16.8 Å². The molecule has 4 nitrogen and oxygen atoms in total. The van der Waals surface area contributed by atoms with Crippen molar-refractivity contribution in [2.75, 3.05) is 7.11 Å². The molecule has 1 amide bonds. The van der Waals surface area contributed by atoms with Gasteiger partial charge in [0, 0.05) is 24.5 Å². The normalized spacial score (nSPS) is 10.5. The van der Waals surface area contributed by atoms with Gasteiger partial charge in [0.25, 0.3) is 0 Å². The highest BCUT2D eigenvalue weighted by atomic mass is 16.5. The SMILES string of the molecule is COc1ccccc1CCC(=O)NCc1ccnc2ccccc12. The molecule has 0 radical (unpaired) electrons. The fourth-order valence-corrected chi connectivity index (χ4v) is 2.75. The van der Waals surface area contributed by atoms with Crippen LogP contribution in [0.2, 0.25) is 0 Å². The van der Waals surface area contributed by atoms with Gasteiger partial charge in [0.1, 0.15) is 5.75 Å². The lowest BCUT2D eigenvalue weighted by Gasteiger charge is -2.10. The molecule has 0 bridgehead atoms. The zero-order valence-corrected chi connectivity index (χ0v) is 13.7. The van der Waals surface area contributed by atoms with E-state index in [2.05, 4.69) is 10.3 Å². The third-order valence-corrected chi connectivity index (χ3v) is 4.03. The van der Waals surface area contributed by atoms with E-state index in [-0.39, 0.29) is 5.91 Å². The Hall–Kier alpha value is -2.88. The van der Waals surface area contributed by atoms with Crippen molar-refractivity contribution in [1.29, 1.82) is 0 Å². The number of aromatic nitrogens is 1. The summed E-state index contributed by atoms with van der Waals surface area (Å²) < 4.78 is 5.32. The minimum atomic E-state index is 0.0294. The number of para-hydroxylation sites is 2. The van der Waals surface area contributed by atoms with E-state index in [1.807, 2.05) is 54.6 Å². The number of carbonyl (C=O) groups excluding carboxylic acids is 1. The Balaban J connectivity index is 1.59. The second-order valence-corrected chi connectivity index (χ2v) is 5.58. The van der Waals surface area contributed by atoms with E-state index in [4.69, 9.17) is 4.74 Å². The lowest BCUT2D eigenvalue weighted by atomic mass is 10.1. The van der Waals surface area contributed by atoms with Crippen LogP contribution in [0.4, 0.5) is 0 Å². The molecule has 3 rings (SSSR count). The zero-order valence-electron chi connectivity index (χ0n) is 13.7. The van der Waals surface area contributed by atoms with E-state index in [1.165, 1.54) is 0 Å². The highest BCUT2D eigenvalue weighted by Gasteiger charge is 2.07. The first-order valence-corrected chi connectivity index (χ1v) is 7.99. The fourth-order valence-electron chi connectivity index (χ4n) is 2.75. The van der Waals surface area contributed by atoms with Crippen LogP contribution in [-0.2, 0) is 17.8 Å². The number of benzene rings is 2. The molecular weight excluding hydrogens is 300 g/mol. The van der Waals surface area contributed by atoms with Crippen molar-refractivity contribution in [2.24, 2.45) is 0 Å². The monoisotopic (exact) mass is 320 g/mol. The van der Waals surface area contributed by atoms with Crippen molar-refractivity contribution in [1.82, 2.24) is 10.3 Å². The predicted octanol–water partition coefficient (Wildman–Crippen LogP) is 3.49. The smallest absolute Gasteiger partial charge is 0.220 e.